The number of aryl methyl sites for hydroxylation is 2. The molecule has 0 fully saturated rings. The average Bonchev–Trinajstić information content (AvgIpc) is 2.77. The highest BCUT2D eigenvalue weighted by Gasteiger charge is 2.21. The first-order chi connectivity index (χ1) is 9.18. The highest BCUT2D eigenvalue weighted by Crippen LogP contribution is 2.31. The molecule has 0 radical (unpaired) electrons. The molecule has 0 aliphatic heterocycles. The van der Waals surface area contributed by atoms with Gasteiger partial charge in [-0.25, -0.2) is 0 Å². The fourth-order valence-corrected chi connectivity index (χ4v) is 2.34. The van der Waals surface area contributed by atoms with Crippen molar-refractivity contribution in [3.05, 3.63) is 59.4 Å². The highest BCUT2D eigenvalue weighted by molar-refractivity contribution is 5.82. The van der Waals surface area contributed by atoms with Crippen LogP contribution in [0.15, 0.2) is 41.1 Å². The number of rotatable bonds is 2. The summed E-state index contributed by atoms with van der Waals surface area (Å²) in [5.74, 6) is 0.754. The van der Waals surface area contributed by atoms with E-state index in [0.717, 1.165) is 33.7 Å². The van der Waals surface area contributed by atoms with Gasteiger partial charge in [0.15, 0.2) is 0 Å². The van der Waals surface area contributed by atoms with Crippen molar-refractivity contribution in [2.75, 3.05) is 0 Å². The van der Waals surface area contributed by atoms with Crippen LogP contribution in [0.5, 0.6) is 0 Å². The summed E-state index contributed by atoms with van der Waals surface area (Å²) < 4.78 is 5.88. The number of benzene rings is 1. The molecular weight excluding hydrogens is 238 g/mol. The van der Waals surface area contributed by atoms with Crippen LogP contribution in [0, 0.1) is 13.8 Å². The number of hydrogen-bond donors (Lipinski definition) is 1. The Labute approximate surface area is 111 Å². The molecule has 0 saturated heterocycles. The van der Waals surface area contributed by atoms with Crippen LogP contribution in [0.2, 0.25) is 0 Å². The lowest BCUT2D eigenvalue weighted by Crippen LogP contribution is -2.15. The Morgan fingerprint density at radius 3 is 2.58 bits per heavy atom. The SMILES string of the molecule is Cc1nccnc1C(N)c1oc2ccccc2c1C. The third-order valence-electron chi connectivity index (χ3n) is 3.38. The zero-order chi connectivity index (χ0) is 13.4. The lowest BCUT2D eigenvalue weighted by Gasteiger charge is -2.11. The molecule has 3 rings (SSSR count). The van der Waals surface area contributed by atoms with E-state index < -0.39 is 0 Å². The maximum Gasteiger partial charge on any atom is 0.134 e. The smallest absolute Gasteiger partial charge is 0.134 e. The second-order valence-corrected chi connectivity index (χ2v) is 4.59. The lowest BCUT2D eigenvalue weighted by atomic mass is 10.0. The van der Waals surface area contributed by atoms with Gasteiger partial charge in [0.25, 0.3) is 0 Å². The van der Waals surface area contributed by atoms with Crippen LogP contribution in [0.4, 0.5) is 0 Å². The molecule has 1 atom stereocenters. The molecule has 0 saturated carbocycles. The van der Waals surface area contributed by atoms with E-state index in [1.165, 1.54) is 0 Å². The van der Waals surface area contributed by atoms with E-state index in [9.17, 15) is 0 Å². The molecule has 0 aliphatic carbocycles. The van der Waals surface area contributed by atoms with Crippen molar-refractivity contribution in [3.8, 4) is 0 Å². The van der Waals surface area contributed by atoms with E-state index >= 15 is 0 Å². The first-order valence-electron chi connectivity index (χ1n) is 6.19. The molecule has 1 unspecified atom stereocenters. The van der Waals surface area contributed by atoms with Gasteiger partial charge < -0.3 is 10.2 Å². The summed E-state index contributed by atoms with van der Waals surface area (Å²) in [5.41, 5.74) is 9.79. The standard InChI is InChI=1S/C15H15N3O/c1-9-11-5-3-4-6-12(11)19-15(9)13(16)14-10(2)17-7-8-18-14/h3-8,13H,16H2,1-2H3. The van der Waals surface area contributed by atoms with Crippen molar-refractivity contribution < 1.29 is 4.42 Å². The zero-order valence-electron chi connectivity index (χ0n) is 10.9. The third-order valence-corrected chi connectivity index (χ3v) is 3.38. The molecule has 1 aromatic carbocycles. The Bertz CT molecular complexity index is 733. The molecule has 0 amide bonds. The van der Waals surface area contributed by atoms with Gasteiger partial charge in [-0.15, -0.1) is 0 Å². The van der Waals surface area contributed by atoms with Gasteiger partial charge in [-0.3, -0.25) is 9.97 Å². The Balaban J connectivity index is 2.14. The molecule has 4 nitrogen and oxygen atoms in total. The summed E-state index contributed by atoms with van der Waals surface area (Å²) in [5, 5.41) is 1.09. The summed E-state index contributed by atoms with van der Waals surface area (Å²) in [7, 11) is 0. The summed E-state index contributed by atoms with van der Waals surface area (Å²) in [6.07, 6.45) is 3.32. The first kappa shape index (κ1) is 11.9. The largest absolute Gasteiger partial charge is 0.459 e. The van der Waals surface area contributed by atoms with Crippen molar-refractivity contribution in [3.63, 3.8) is 0 Å². The molecule has 2 aromatic heterocycles. The second-order valence-electron chi connectivity index (χ2n) is 4.59. The second kappa shape index (κ2) is 4.48. The normalized spacial score (nSPS) is 12.8. The van der Waals surface area contributed by atoms with Crippen LogP contribution >= 0.6 is 0 Å². The van der Waals surface area contributed by atoms with E-state index in [1.807, 2.05) is 38.1 Å². The minimum atomic E-state index is -0.388. The maximum atomic E-state index is 6.29. The van der Waals surface area contributed by atoms with E-state index in [0.29, 0.717) is 0 Å². The van der Waals surface area contributed by atoms with Crippen LogP contribution in [0.25, 0.3) is 11.0 Å². The van der Waals surface area contributed by atoms with E-state index in [-0.39, 0.29) is 6.04 Å². The average molecular weight is 253 g/mol. The number of nitrogens with two attached hydrogens (primary N) is 1. The molecule has 2 heterocycles. The van der Waals surface area contributed by atoms with Gasteiger partial charge in [0.1, 0.15) is 17.4 Å². The monoisotopic (exact) mass is 253 g/mol. The Morgan fingerprint density at radius 2 is 1.84 bits per heavy atom. The van der Waals surface area contributed by atoms with E-state index in [1.54, 1.807) is 12.4 Å². The van der Waals surface area contributed by atoms with Gasteiger partial charge in [-0.2, -0.15) is 0 Å². The fraction of sp³-hybridized carbons (Fsp3) is 0.200. The fourth-order valence-electron chi connectivity index (χ4n) is 2.34. The van der Waals surface area contributed by atoms with Crippen LogP contribution in [-0.2, 0) is 0 Å². The molecule has 96 valence electrons. The molecule has 0 bridgehead atoms. The van der Waals surface area contributed by atoms with Gasteiger partial charge in [0, 0.05) is 23.3 Å². The van der Waals surface area contributed by atoms with Gasteiger partial charge in [-0.1, -0.05) is 18.2 Å². The number of para-hydroxylation sites is 1. The van der Waals surface area contributed by atoms with Crippen molar-refractivity contribution in [2.24, 2.45) is 5.73 Å². The van der Waals surface area contributed by atoms with Crippen molar-refractivity contribution >= 4 is 11.0 Å². The Kier molecular flexibility index (Phi) is 2.80. The van der Waals surface area contributed by atoms with Crippen LogP contribution in [0.3, 0.4) is 0 Å². The lowest BCUT2D eigenvalue weighted by molar-refractivity contribution is 0.515. The van der Waals surface area contributed by atoms with Crippen molar-refractivity contribution in [2.45, 2.75) is 19.9 Å². The molecule has 3 aromatic rings. The van der Waals surface area contributed by atoms with E-state index in [2.05, 4.69) is 9.97 Å². The molecular formula is C15H15N3O. The summed E-state index contributed by atoms with van der Waals surface area (Å²) in [6, 6.07) is 7.54. The summed E-state index contributed by atoms with van der Waals surface area (Å²) >= 11 is 0. The van der Waals surface area contributed by atoms with Crippen LogP contribution < -0.4 is 5.73 Å². The number of fused-ring (bicyclic) bond motifs is 1. The molecule has 2 N–H and O–H groups in total. The highest BCUT2D eigenvalue weighted by atomic mass is 16.3. The molecule has 4 heteroatoms. The zero-order valence-corrected chi connectivity index (χ0v) is 10.9. The van der Waals surface area contributed by atoms with Crippen molar-refractivity contribution in [1.82, 2.24) is 9.97 Å². The summed E-state index contributed by atoms with van der Waals surface area (Å²) in [4.78, 5) is 8.54. The Hall–Kier alpha value is -2.20. The van der Waals surface area contributed by atoms with Crippen LogP contribution in [-0.4, -0.2) is 9.97 Å². The summed E-state index contributed by atoms with van der Waals surface area (Å²) in [6.45, 7) is 3.92. The molecule has 0 aliphatic rings. The van der Waals surface area contributed by atoms with Gasteiger partial charge >= 0.3 is 0 Å². The Morgan fingerprint density at radius 1 is 1.11 bits per heavy atom. The predicted octanol–water partition coefficient (Wildman–Crippen LogP) is 2.89. The number of hydrogen-bond acceptors (Lipinski definition) is 4. The van der Waals surface area contributed by atoms with Gasteiger partial charge in [0.2, 0.25) is 0 Å². The van der Waals surface area contributed by atoms with E-state index in [4.69, 9.17) is 10.2 Å². The number of furan rings is 1. The van der Waals surface area contributed by atoms with Crippen LogP contribution in [0.1, 0.15) is 28.8 Å². The third kappa shape index (κ3) is 1.90. The molecule has 0 spiro atoms. The maximum absolute atomic E-state index is 6.29. The quantitative estimate of drug-likeness (QED) is 0.762. The molecule has 19 heavy (non-hydrogen) atoms. The van der Waals surface area contributed by atoms with Crippen molar-refractivity contribution in [1.29, 1.82) is 0 Å². The van der Waals surface area contributed by atoms with Gasteiger partial charge in [0.05, 0.1) is 11.4 Å². The predicted molar refractivity (Wildman–Crippen MR) is 73.8 cm³/mol. The topological polar surface area (TPSA) is 64.9 Å². The van der Waals surface area contributed by atoms with Gasteiger partial charge in [-0.05, 0) is 19.9 Å². The first-order valence-corrected chi connectivity index (χ1v) is 6.19. The number of nitrogens with zero attached hydrogens (tertiary/aromatic N) is 2. The minimum absolute atomic E-state index is 0.388. The number of aromatic nitrogens is 2. The minimum Gasteiger partial charge on any atom is -0.459 e.